The van der Waals surface area contributed by atoms with E-state index in [1.165, 1.54) is 42.4 Å². The smallest absolute Gasteiger partial charge is 0.315 e. The van der Waals surface area contributed by atoms with Crippen molar-refractivity contribution >= 4 is 5.97 Å². The minimum absolute atomic E-state index is 0.0340. The maximum Gasteiger partial charge on any atom is 0.315 e. The highest BCUT2D eigenvalue weighted by molar-refractivity contribution is 5.75. The number of fused-ring (bicyclic) bond motifs is 4. The zero-order valence-corrected chi connectivity index (χ0v) is 18.6. The Balaban J connectivity index is 1.51. The van der Waals surface area contributed by atoms with Crippen LogP contribution in [0, 0.1) is 5.92 Å². The molecule has 3 atom stereocenters. The number of ether oxygens (including phenoxy) is 1. The van der Waals surface area contributed by atoms with Crippen LogP contribution in [0.4, 0.5) is 0 Å². The number of benzene rings is 2. The highest BCUT2D eigenvalue weighted by Gasteiger charge is 2.43. The van der Waals surface area contributed by atoms with Crippen molar-refractivity contribution in [2.24, 2.45) is 11.7 Å². The fraction of sp³-hybridized carbons (Fsp3) is 0.519. The van der Waals surface area contributed by atoms with Gasteiger partial charge in [0, 0.05) is 11.5 Å². The Morgan fingerprint density at radius 3 is 2.63 bits per heavy atom. The van der Waals surface area contributed by atoms with Crippen LogP contribution in [0.3, 0.4) is 0 Å². The monoisotopic (exact) mass is 405 g/mol. The fourth-order valence-electron chi connectivity index (χ4n) is 5.45. The van der Waals surface area contributed by atoms with Gasteiger partial charge in [0.05, 0.1) is 6.42 Å². The van der Waals surface area contributed by atoms with Crippen molar-refractivity contribution in [1.82, 2.24) is 0 Å². The lowest BCUT2D eigenvalue weighted by Gasteiger charge is -2.47. The summed E-state index contributed by atoms with van der Waals surface area (Å²) in [5, 5.41) is 0. The zero-order chi connectivity index (χ0) is 21.3. The number of carbonyl (C=O) groups is 1. The van der Waals surface area contributed by atoms with E-state index in [2.05, 4.69) is 45.0 Å². The van der Waals surface area contributed by atoms with Gasteiger partial charge in [-0.1, -0.05) is 70.4 Å². The summed E-state index contributed by atoms with van der Waals surface area (Å²) in [6, 6.07) is 14.6. The van der Waals surface area contributed by atoms with E-state index < -0.39 is 0 Å². The van der Waals surface area contributed by atoms with Gasteiger partial charge in [-0.15, -0.1) is 0 Å². The molecule has 0 radical (unpaired) electrons. The van der Waals surface area contributed by atoms with Crippen LogP contribution in [-0.2, 0) is 23.1 Å². The molecule has 1 saturated carbocycles. The number of hydrogen-bond acceptors (Lipinski definition) is 3. The van der Waals surface area contributed by atoms with Crippen LogP contribution in [0.1, 0.15) is 81.0 Å². The Bertz CT molecular complexity index is 902. The van der Waals surface area contributed by atoms with Crippen LogP contribution in [0.15, 0.2) is 42.5 Å². The predicted molar refractivity (Wildman–Crippen MR) is 122 cm³/mol. The summed E-state index contributed by atoms with van der Waals surface area (Å²) in [5.41, 5.74) is 11.7. The molecule has 0 unspecified atom stereocenters. The maximum absolute atomic E-state index is 12.6. The van der Waals surface area contributed by atoms with Gasteiger partial charge in [0.1, 0.15) is 5.75 Å². The lowest BCUT2D eigenvalue weighted by Crippen LogP contribution is -2.52. The average molecular weight is 406 g/mol. The maximum atomic E-state index is 12.6. The van der Waals surface area contributed by atoms with Crippen molar-refractivity contribution in [3.63, 3.8) is 0 Å². The van der Waals surface area contributed by atoms with E-state index in [9.17, 15) is 4.79 Å². The SMILES string of the molecule is CC(C)c1ccc(CC(=O)Oc2ccc3c(c2)[C@@]2(C)CCCCC[C@@H](C3)[C@@H]2N)cc1. The second kappa shape index (κ2) is 8.55. The number of hydrogen-bond donors (Lipinski definition) is 1. The quantitative estimate of drug-likeness (QED) is 0.526. The first-order chi connectivity index (χ1) is 14.4. The van der Waals surface area contributed by atoms with Crippen LogP contribution in [0.25, 0.3) is 0 Å². The highest BCUT2D eigenvalue weighted by Crippen LogP contribution is 2.46. The molecule has 0 spiro atoms. The van der Waals surface area contributed by atoms with Crippen molar-refractivity contribution in [1.29, 1.82) is 0 Å². The van der Waals surface area contributed by atoms with Crippen molar-refractivity contribution < 1.29 is 9.53 Å². The first-order valence-electron chi connectivity index (χ1n) is 11.6. The fourth-order valence-corrected chi connectivity index (χ4v) is 5.45. The highest BCUT2D eigenvalue weighted by atomic mass is 16.5. The van der Waals surface area contributed by atoms with E-state index in [1.54, 1.807) is 0 Å². The Morgan fingerprint density at radius 1 is 1.13 bits per heavy atom. The molecular formula is C27H35NO2. The molecule has 0 heterocycles. The molecule has 0 aromatic heterocycles. The van der Waals surface area contributed by atoms with Crippen LogP contribution < -0.4 is 10.5 Å². The topological polar surface area (TPSA) is 52.3 Å². The Hall–Kier alpha value is -2.13. The van der Waals surface area contributed by atoms with Crippen LogP contribution in [0.2, 0.25) is 0 Å². The summed E-state index contributed by atoms with van der Waals surface area (Å²) in [6.07, 6.45) is 7.46. The molecule has 2 aromatic carbocycles. The molecule has 2 aliphatic carbocycles. The zero-order valence-electron chi connectivity index (χ0n) is 18.6. The number of rotatable bonds is 4. The van der Waals surface area contributed by atoms with Crippen LogP contribution in [0.5, 0.6) is 5.75 Å². The minimum Gasteiger partial charge on any atom is -0.426 e. The molecule has 3 nitrogen and oxygen atoms in total. The summed E-state index contributed by atoms with van der Waals surface area (Å²) >= 11 is 0. The third-order valence-corrected chi connectivity index (χ3v) is 7.42. The molecule has 1 fully saturated rings. The van der Waals surface area contributed by atoms with E-state index in [1.807, 2.05) is 18.2 Å². The molecule has 2 aromatic rings. The second-order valence-corrected chi connectivity index (χ2v) is 9.87. The van der Waals surface area contributed by atoms with E-state index in [0.29, 0.717) is 17.6 Å². The minimum atomic E-state index is -0.215. The van der Waals surface area contributed by atoms with E-state index in [0.717, 1.165) is 18.4 Å². The van der Waals surface area contributed by atoms with Gasteiger partial charge in [0.25, 0.3) is 0 Å². The van der Waals surface area contributed by atoms with Gasteiger partial charge in [-0.3, -0.25) is 4.79 Å². The molecule has 3 heteroatoms. The molecule has 2 N–H and O–H groups in total. The number of nitrogens with two attached hydrogens (primary N) is 1. The second-order valence-electron chi connectivity index (χ2n) is 9.87. The van der Waals surface area contributed by atoms with Gasteiger partial charge in [0.15, 0.2) is 0 Å². The molecule has 0 aliphatic heterocycles. The normalized spacial score (nSPS) is 25.9. The summed E-state index contributed by atoms with van der Waals surface area (Å²) in [6.45, 7) is 6.66. The van der Waals surface area contributed by atoms with Crippen molar-refractivity contribution in [2.45, 2.75) is 83.1 Å². The number of esters is 1. The third-order valence-electron chi connectivity index (χ3n) is 7.42. The van der Waals surface area contributed by atoms with Gasteiger partial charge >= 0.3 is 5.97 Å². The third kappa shape index (κ3) is 4.18. The van der Waals surface area contributed by atoms with Crippen molar-refractivity contribution in [3.05, 3.63) is 64.7 Å². The summed E-state index contributed by atoms with van der Waals surface area (Å²) < 4.78 is 5.76. The molecule has 2 bridgehead atoms. The van der Waals surface area contributed by atoms with Crippen LogP contribution in [-0.4, -0.2) is 12.0 Å². The molecule has 0 saturated heterocycles. The molecular weight excluding hydrogens is 370 g/mol. The van der Waals surface area contributed by atoms with E-state index in [4.69, 9.17) is 10.5 Å². The largest absolute Gasteiger partial charge is 0.426 e. The van der Waals surface area contributed by atoms with Crippen LogP contribution >= 0.6 is 0 Å². The molecule has 4 rings (SSSR count). The Kier molecular flexibility index (Phi) is 6.02. The molecule has 2 aliphatic rings. The summed E-state index contributed by atoms with van der Waals surface area (Å²) in [5.74, 6) is 1.48. The standard InChI is InChI=1S/C27H35NO2/c1-18(2)20-10-8-19(9-11-20)15-25(29)30-23-13-12-21-16-22-7-5-4-6-14-27(3,26(22)28)24(21)17-23/h8-13,17-18,22,26H,4-7,14-16,28H2,1-3H3/t22-,26-,27+/m0/s1. The summed E-state index contributed by atoms with van der Waals surface area (Å²) in [4.78, 5) is 12.6. The average Bonchev–Trinajstić information content (AvgIpc) is 2.72. The summed E-state index contributed by atoms with van der Waals surface area (Å²) in [7, 11) is 0. The van der Waals surface area contributed by atoms with Crippen molar-refractivity contribution in [2.75, 3.05) is 0 Å². The molecule has 0 amide bonds. The first-order valence-corrected chi connectivity index (χ1v) is 11.6. The first kappa shape index (κ1) is 21.1. The molecule has 30 heavy (non-hydrogen) atoms. The lowest BCUT2D eigenvalue weighted by atomic mass is 9.60. The predicted octanol–water partition coefficient (Wildman–Crippen LogP) is 5.68. The number of carbonyl (C=O) groups excluding carboxylic acids is 1. The van der Waals surface area contributed by atoms with Gasteiger partial charge in [-0.25, -0.2) is 0 Å². The van der Waals surface area contributed by atoms with Gasteiger partial charge in [-0.05, 0) is 65.5 Å². The Morgan fingerprint density at radius 2 is 1.90 bits per heavy atom. The lowest BCUT2D eigenvalue weighted by molar-refractivity contribution is -0.133. The van der Waals surface area contributed by atoms with E-state index in [-0.39, 0.29) is 23.8 Å². The van der Waals surface area contributed by atoms with Gasteiger partial charge in [0.2, 0.25) is 0 Å². The molecule has 160 valence electrons. The van der Waals surface area contributed by atoms with E-state index >= 15 is 0 Å². The Labute approximate surface area is 181 Å². The van der Waals surface area contributed by atoms with Gasteiger partial charge < -0.3 is 10.5 Å². The van der Waals surface area contributed by atoms with Gasteiger partial charge in [-0.2, -0.15) is 0 Å². The van der Waals surface area contributed by atoms with Crippen molar-refractivity contribution in [3.8, 4) is 5.75 Å².